The van der Waals surface area contributed by atoms with Crippen LogP contribution in [0.1, 0.15) is 5.56 Å². The number of nitriles is 1. The van der Waals surface area contributed by atoms with Crippen LogP contribution in [0.5, 0.6) is 0 Å². The van der Waals surface area contributed by atoms with Crippen LogP contribution in [-0.2, 0) is 0 Å². The predicted molar refractivity (Wildman–Crippen MR) is 62.8 cm³/mol. The monoisotopic (exact) mass is 260 g/mol. The van der Waals surface area contributed by atoms with E-state index in [1.54, 1.807) is 0 Å². The maximum absolute atomic E-state index is 9.16. The fourth-order valence-corrected chi connectivity index (χ4v) is 1.69. The van der Waals surface area contributed by atoms with E-state index in [9.17, 15) is 0 Å². The second-order valence-corrected chi connectivity index (χ2v) is 3.98. The Bertz CT molecular complexity index is 418. The highest BCUT2D eigenvalue weighted by Crippen LogP contribution is 2.29. The summed E-state index contributed by atoms with van der Waals surface area (Å²) in [6, 6.07) is 4.91. The summed E-state index contributed by atoms with van der Waals surface area (Å²) in [6.07, 6.45) is -0.904. The molecule has 0 aliphatic rings. The second-order valence-electron chi connectivity index (χ2n) is 3.14. The first kappa shape index (κ1) is 13.1. The average Bonchev–Trinajstić information content (AvgIpc) is 2.26. The van der Waals surface area contributed by atoms with Gasteiger partial charge in [0, 0.05) is 11.6 Å². The van der Waals surface area contributed by atoms with Gasteiger partial charge in [-0.2, -0.15) is 5.26 Å². The summed E-state index contributed by atoms with van der Waals surface area (Å²) in [4.78, 5) is 0. The standard InChI is InChI=1S/C10H10Cl2N2O2/c11-7-1-6(3-13)10(9(12)2-7)14-4-8(16)5-15/h1-2,8,14-16H,4-5H2. The minimum absolute atomic E-state index is 0.104. The van der Waals surface area contributed by atoms with Gasteiger partial charge in [-0.1, -0.05) is 23.2 Å². The first-order valence-electron chi connectivity index (χ1n) is 4.50. The van der Waals surface area contributed by atoms with E-state index in [1.165, 1.54) is 12.1 Å². The van der Waals surface area contributed by atoms with E-state index in [0.29, 0.717) is 21.3 Å². The van der Waals surface area contributed by atoms with Crippen LogP contribution in [-0.4, -0.2) is 29.5 Å². The van der Waals surface area contributed by atoms with Gasteiger partial charge in [0.25, 0.3) is 0 Å². The highest BCUT2D eigenvalue weighted by atomic mass is 35.5. The molecule has 6 heteroatoms. The quantitative estimate of drug-likeness (QED) is 0.769. The van der Waals surface area contributed by atoms with Crippen LogP contribution >= 0.6 is 23.2 Å². The van der Waals surface area contributed by atoms with Gasteiger partial charge in [0.1, 0.15) is 6.07 Å². The Balaban J connectivity index is 2.91. The zero-order valence-corrected chi connectivity index (χ0v) is 9.76. The van der Waals surface area contributed by atoms with Crippen LogP contribution < -0.4 is 5.32 Å². The van der Waals surface area contributed by atoms with E-state index in [4.69, 9.17) is 38.7 Å². The van der Waals surface area contributed by atoms with Gasteiger partial charge in [-0.25, -0.2) is 0 Å². The highest BCUT2D eigenvalue weighted by Gasteiger charge is 2.10. The lowest BCUT2D eigenvalue weighted by Crippen LogP contribution is -2.23. The minimum Gasteiger partial charge on any atom is -0.394 e. The molecule has 1 unspecified atom stereocenters. The van der Waals surface area contributed by atoms with Gasteiger partial charge in [0.15, 0.2) is 0 Å². The molecule has 1 rings (SSSR count). The van der Waals surface area contributed by atoms with Crippen molar-refractivity contribution in [3.8, 4) is 6.07 Å². The van der Waals surface area contributed by atoms with E-state index in [-0.39, 0.29) is 13.2 Å². The fourth-order valence-electron chi connectivity index (χ4n) is 1.13. The van der Waals surface area contributed by atoms with Crippen molar-refractivity contribution >= 4 is 28.9 Å². The van der Waals surface area contributed by atoms with Crippen LogP contribution in [0.4, 0.5) is 5.69 Å². The fraction of sp³-hybridized carbons (Fsp3) is 0.300. The molecule has 16 heavy (non-hydrogen) atoms. The lowest BCUT2D eigenvalue weighted by Gasteiger charge is -2.13. The Kier molecular flexibility index (Phi) is 4.84. The summed E-state index contributed by atoms with van der Waals surface area (Å²) in [5.74, 6) is 0. The number of halogens is 2. The Morgan fingerprint density at radius 2 is 2.12 bits per heavy atom. The zero-order chi connectivity index (χ0) is 12.1. The largest absolute Gasteiger partial charge is 0.394 e. The van der Waals surface area contributed by atoms with Crippen LogP contribution in [0, 0.1) is 11.3 Å². The van der Waals surface area contributed by atoms with Crippen molar-refractivity contribution in [3.63, 3.8) is 0 Å². The van der Waals surface area contributed by atoms with Crippen molar-refractivity contribution < 1.29 is 10.2 Å². The van der Waals surface area contributed by atoms with Gasteiger partial charge in [0.2, 0.25) is 0 Å². The molecule has 0 bridgehead atoms. The maximum atomic E-state index is 9.16. The zero-order valence-electron chi connectivity index (χ0n) is 8.24. The first-order chi connectivity index (χ1) is 7.58. The molecule has 4 nitrogen and oxygen atoms in total. The molecule has 0 heterocycles. The van der Waals surface area contributed by atoms with Crippen molar-refractivity contribution in [1.29, 1.82) is 5.26 Å². The molecular formula is C10H10Cl2N2O2. The molecule has 0 spiro atoms. The SMILES string of the molecule is N#Cc1cc(Cl)cc(Cl)c1NCC(O)CO. The van der Waals surface area contributed by atoms with Crippen molar-refractivity contribution in [2.45, 2.75) is 6.10 Å². The molecule has 0 radical (unpaired) electrons. The number of hydrogen-bond acceptors (Lipinski definition) is 4. The van der Waals surface area contributed by atoms with Gasteiger partial charge in [0.05, 0.1) is 29.0 Å². The number of aliphatic hydroxyl groups excluding tert-OH is 2. The van der Waals surface area contributed by atoms with Crippen molar-refractivity contribution in [3.05, 3.63) is 27.7 Å². The molecular weight excluding hydrogens is 251 g/mol. The van der Waals surface area contributed by atoms with E-state index in [2.05, 4.69) is 5.32 Å². The Morgan fingerprint density at radius 3 is 2.69 bits per heavy atom. The third kappa shape index (κ3) is 3.26. The predicted octanol–water partition coefficient (Wildman–Crippen LogP) is 1.63. The van der Waals surface area contributed by atoms with Crippen LogP contribution in [0.15, 0.2) is 12.1 Å². The molecule has 86 valence electrons. The van der Waals surface area contributed by atoms with Gasteiger partial charge >= 0.3 is 0 Å². The molecule has 0 saturated carbocycles. The smallest absolute Gasteiger partial charge is 0.101 e. The van der Waals surface area contributed by atoms with Crippen LogP contribution in [0.2, 0.25) is 10.0 Å². The number of benzene rings is 1. The molecule has 0 saturated heterocycles. The van der Waals surface area contributed by atoms with Gasteiger partial charge in [-0.3, -0.25) is 0 Å². The Labute approximate surface area is 103 Å². The van der Waals surface area contributed by atoms with Crippen molar-refractivity contribution in [1.82, 2.24) is 0 Å². The Hall–Kier alpha value is -0.990. The normalized spacial score (nSPS) is 11.9. The molecule has 1 aromatic rings. The molecule has 1 atom stereocenters. The molecule has 0 aliphatic heterocycles. The lowest BCUT2D eigenvalue weighted by atomic mass is 10.2. The molecule has 0 aromatic heterocycles. The van der Waals surface area contributed by atoms with Gasteiger partial charge in [-0.15, -0.1) is 0 Å². The second kappa shape index (κ2) is 5.92. The van der Waals surface area contributed by atoms with E-state index in [0.717, 1.165) is 0 Å². The summed E-state index contributed by atoms with van der Waals surface area (Å²) in [6.45, 7) is -0.257. The summed E-state index contributed by atoms with van der Waals surface area (Å²) in [7, 11) is 0. The maximum Gasteiger partial charge on any atom is 0.101 e. The molecule has 0 amide bonds. The van der Waals surface area contributed by atoms with Crippen molar-refractivity contribution in [2.75, 3.05) is 18.5 Å². The van der Waals surface area contributed by atoms with E-state index >= 15 is 0 Å². The molecule has 0 fully saturated rings. The van der Waals surface area contributed by atoms with E-state index < -0.39 is 6.10 Å². The molecule has 0 aliphatic carbocycles. The number of aliphatic hydroxyl groups is 2. The molecule has 3 N–H and O–H groups in total. The summed E-state index contributed by atoms with van der Waals surface area (Å²) in [5.41, 5.74) is 0.698. The Morgan fingerprint density at radius 1 is 1.44 bits per heavy atom. The number of rotatable bonds is 4. The minimum atomic E-state index is -0.904. The number of nitrogens with zero attached hydrogens (tertiary/aromatic N) is 1. The van der Waals surface area contributed by atoms with Gasteiger partial charge < -0.3 is 15.5 Å². The number of hydrogen-bond donors (Lipinski definition) is 3. The van der Waals surface area contributed by atoms with Crippen LogP contribution in [0.3, 0.4) is 0 Å². The van der Waals surface area contributed by atoms with Crippen LogP contribution in [0.25, 0.3) is 0 Å². The average molecular weight is 261 g/mol. The number of anilines is 1. The summed E-state index contributed by atoms with van der Waals surface area (Å²) >= 11 is 11.6. The third-order valence-corrected chi connectivity index (χ3v) is 2.42. The van der Waals surface area contributed by atoms with Crippen molar-refractivity contribution in [2.24, 2.45) is 0 Å². The summed E-state index contributed by atoms with van der Waals surface area (Å²) in [5, 5.41) is 30.1. The lowest BCUT2D eigenvalue weighted by molar-refractivity contribution is 0.105. The third-order valence-electron chi connectivity index (χ3n) is 1.90. The number of nitrogens with one attached hydrogen (secondary N) is 1. The summed E-state index contributed by atoms with van der Waals surface area (Å²) < 4.78 is 0. The molecule has 1 aromatic carbocycles. The van der Waals surface area contributed by atoms with E-state index in [1.807, 2.05) is 6.07 Å². The highest BCUT2D eigenvalue weighted by molar-refractivity contribution is 6.36. The topological polar surface area (TPSA) is 76.3 Å². The van der Waals surface area contributed by atoms with Gasteiger partial charge in [-0.05, 0) is 12.1 Å². The first-order valence-corrected chi connectivity index (χ1v) is 5.26.